The first-order chi connectivity index (χ1) is 8.20. The Labute approximate surface area is 113 Å². The molecule has 18 heavy (non-hydrogen) atoms. The second-order valence-electron chi connectivity index (χ2n) is 4.72. The molecular weight excluding hydrogens is 309 g/mol. The lowest BCUT2D eigenvalue weighted by atomic mass is 10.1. The van der Waals surface area contributed by atoms with Gasteiger partial charge in [0.2, 0.25) is 0 Å². The Morgan fingerprint density at radius 3 is 2.44 bits per heavy atom. The van der Waals surface area contributed by atoms with Gasteiger partial charge in [0, 0.05) is 16.7 Å². The zero-order valence-corrected chi connectivity index (χ0v) is 12.1. The molecule has 0 fully saturated rings. The minimum Gasteiger partial charge on any atom is -0.367 e. The van der Waals surface area contributed by atoms with Crippen molar-refractivity contribution in [1.29, 1.82) is 0 Å². The normalized spacial score (nSPS) is 13.8. The molecule has 1 heterocycles. The Morgan fingerprint density at radius 1 is 1.33 bits per heavy atom. The van der Waals surface area contributed by atoms with Crippen molar-refractivity contribution in [3.63, 3.8) is 0 Å². The lowest BCUT2D eigenvalue weighted by Crippen LogP contribution is -2.21. The van der Waals surface area contributed by atoms with E-state index in [0.717, 1.165) is 12.5 Å². The van der Waals surface area contributed by atoms with Crippen LogP contribution in [-0.2, 0) is 6.18 Å². The molecule has 0 aliphatic heterocycles. The number of pyridine rings is 1. The van der Waals surface area contributed by atoms with Crippen LogP contribution in [0.25, 0.3) is 0 Å². The van der Waals surface area contributed by atoms with E-state index >= 15 is 0 Å². The van der Waals surface area contributed by atoms with Crippen molar-refractivity contribution < 1.29 is 13.2 Å². The Kier molecular flexibility index (Phi) is 5.01. The zero-order valence-electron chi connectivity index (χ0n) is 10.5. The van der Waals surface area contributed by atoms with Gasteiger partial charge in [-0.05, 0) is 41.3 Å². The van der Waals surface area contributed by atoms with Crippen LogP contribution in [0.3, 0.4) is 0 Å². The summed E-state index contributed by atoms with van der Waals surface area (Å²) in [6.45, 7) is 5.90. The second kappa shape index (κ2) is 5.91. The van der Waals surface area contributed by atoms with Gasteiger partial charge in [-0.1, -0.05) is 13.8 Å². The van der Waals surface area contributed by atoms with Gasteiger partial charge in [0.15, 0.2) is 0 Å². The molecular formula is C12H16BrF3N2. The molecule has 0 saturated heterocycles. The van der Waals surface area contributed by atoms with Gasteiger partial charge in [-0.3, -0.25) is 0 Å². The SMILES string of the molecule is CC(C)CC(C)Nc1ncc(Br)cc1C(F)(F)F. The van der Waals surface area contributed by atoms with E-state index in [1.54, 1.807) is 0 Å². The average molecular weight is 325 g/mol. The van der Waals surface area contributed by atoms with Crippen LogP contribution < -0.4 is 5.32 Å². The van der Waals surface area contributed by atoms with Gasteiger partial charge in [-0.2, -0.15) is 13.2 Å². The fourth-order valence-electron chi connectivity index (χ4n) is 1.77. The third-order valence-corrected chi connectivity index (χ3v) is 2.80. The van der Waals surface area contributed by atoms with E-state index in [1.807, 2.05) is 20.8 Å². The molecule has 1 unspecified atom stereocenters. The maximum absolute atomic E-state index is 12.8. The molecule has 6 heteroatoms. The van der Waals surface area contributed by atoms with Crippen LogP contribution >= 0.6 is 15.9 Å². The van der Waals surface area contributed by atoms with Crippen LogP contribution in [0.15, 0.2) is 16.7 Å². The summed E-state index contributed by atoms with van der Waals surface area (Å²) in [5.41, 5.74) is -0.743. The van der Waals surface area contributed by atoms with Crippen LogP contribution in [0.4, 0.5) is 19.0 Å². The standard InChI is InChI=1S/C12H16BrF3N2/c1-7(2)4-8(3)18-11-10(12(14,15)16)5-9(13)6-17-11/h5-8H,4H2,1-3H3,(H,17,18). The van der Waals surface area contributed by atoms with Gasteiger partial charge in [0.05, 0.1) is 5.56 Å². The summed E-state index contributed by atoms with van der Waals surface area (Å²) < 4.78 is 38.8. The van der Waals surface area contributed by atoms with Gasteiger partial charge in [0.25, 0.3) is 0 Å². The number of hydrogen-bond donors (Lipinski definition) is 1. The number of halogens is 4. The van der Waals surface area contributed by atoms with E-state index in [0.29, 0.717) is 10.4 Å². The fraction of sp³-hybridized carbons (Fsp3) is 0.583. The average Bonchev–Trinajstić information content (AvgIpc) is 2.17. The highest BCUT2D eigenvalue weighted by Crippen LogP contribution is 2.35. The molecule has 0 bridgehead atoms. The first-order valence-electron chi connectivity index (χ1n) is 5.69. The molecule has 0 amide bonds. The third-order valence-electron chi connectivity index (χ3n) is 2.37. The van der Waals surface area contributed by atoms with Crippen molar-refractivity contribution in [2.45, 2.75) is 39.4 Å². The maximum Gasteiger partial charge on any atom is 0.419 e. The molecule has 0 radical (unpaired) electrons. The summed E-state index contributed by atoms with van der Waals surface area (Å²) in [4.78, 5) is 3.81. The molecule has 1 rings (SSSR count). The molecule has 0 aliphatic rings. The van der Waals surface area contributed by atoms with Crippen molar-refractivity contribution in [2.24, 2.45) is 5.92 Å². The second-order valence-corrected chi connectivity index (χ2v) is 5.64. The van der Waals surface area contributed by atoms with Crippen molar-refractivity contribution in [2.75, 3.05) is 5.32 Å². The minimum absolute atomic E-state index is 0.0558. The monoisotopic (exact) mass is 324 g/mol. The van der Waals surface area contributed by atoms with E-state index in [2.05, 4.69) is 26.2 Å². The number of nitrogens with zero attached hydrogens (tertiary/aromatic N) is 1. The van der Waals surface area contributed by atoms with E-state index in [-0.39, 0.29) is 11.9 Å². The van der Waals surface area contributed by atoms with Crippen LogP contribution in [-0.4, -0.2) is 11.0 Å². The lowest BCUT2D eigenvalue weighted by Gasteiger charge is -2.19. The lowest BCUT2D eigenvalue weighted by molar-refractivity contribution is -0.137. The summed E-state index contributed by atoms with van der Waals surface area (Å²) in [6.07, 6.45) is -2.26. The van der Waals surface area contributed by atoms with E-state index in [1.165, 1.54) is 6.20 Å². The predicted molar refractivity (Wildman–Crippen MR) is 69.5 cm³/mol. The number of rotatable bonds is 4. The number of alkyl halides is 3. The van der Waals surface area contributed by atoms with Crippen LogP contribution in [0.1, 0.15) is 32.8 Å². The minimum atomic E-state index is -4.41. The maximum atomic E-state index is 12.8. The van der Waals surface area contributed by atoms with Gasteiger partial charge in [-0.25, -0.2) is 4.98 Å². The molecule has 0 aromatic carbocycles. The molecule has 1 aromatic rings. The smallest absolute Gasteiger partial charge is 0.367 e. The Hall–Kier alpha value is -0.780. The molecule has 2 nitrogen and oxygen atoms in total. The summed E-state index contributed by atoms with van der Waals surface area (Å²) in [5, 5.41) is 2.82. The first-order valence-corrected chi connectivity index (χ1v) is 6.48. The fourth-order valence-corrected chi connectivity index (χ4v) is 2.10. The third kappa shape index (κ3) is 4.48. The summed E-state index contributed by atoms with van der Waals surface area (Å²) in [5.74, 6) is 0.302. The van der Waals surface area contributed by atoms with Gasteiger partial charge in [-0.15, -0.1) is 0 Å². The number of anilines is 1. The van der Waals surface area contributed by atoms with Crippen LogP contribution in [0.5, 0.6) is 0 Å². The molecule has 1 N–H and O–H groups in total. The van der Waals surface area contributed by atoms with Crippen molar-refractivity contribution in [3.05, 3.63) is 22.3 Å². The molecule has 102 valence electrons. The first kappa shape index (κ1) is 15.3. The van der Waals surface area contributed by atoms with Gasteiger partial charge >= 0.3 is 6.18 Å². The highest BCUT2D eigenvalue weighted by Gasteiger charge is 2.35. The number of nitrogens with one attached hydrogen (secondary N) is 1. The Bertz CT molecular complexity index is 405. The molecule has 0 saturated carbocycles. The van der Waals surface area contributed by atoms with Crippen molar-refractivity contribution in [1.82, 2.24) is 4.98 Å². The van der Waals surface area contributed by atoms with E-state index < -0.39 is 11.7 Å². The van der Waals surface area contributed by atoms with E-state index in [9.17, 15) is 13.2 Å². The summed E-state index contributed by atoms with van der Waals surface area (Å²) in [7, 11) is 0. The largest absolute Gasteiger partial charge is 0.419 e. The topological polar surface area (TPSA) is 24.9 Å². The molecule has 0 aliphatic carbocycles. The Balaban J connectivity index is 2.95. The summed E-state index contributed by atoms with van der Waals surface area (Å²) in [6, 6.07) is 0.983. The number of aromatic nitrogens is 1. The molecule has 1 atom stereocenters. The quantitative estimate of drug-likeness (QED) is 0.867. The zero-order chi connectivity index (χ0) is 13.9. The van der Waals surface area contributed by atoms with Gasteiger partial charge in [0.1, 0.15) is 5.82 Å². The van der Waals surface area contributed by atoms with Crippen LogP contribution in [0, 0.1) is 5.92 Å². The van der Waals surface area contributed by atoms with Crippen molar-refractivity contribution in [3.8, 4) is 0 Å². The Morgan fingerprint density at radius 2 is 1.94 bits per heavy atom. The number of hydrogen-bond acceptors (Lipinski definition) is 2. The highest BCUT2D eigenvalue weighted by molar-refractivity contribution is 9.10. The highest BCUT2D eigenvalue weighted by atomic mass is 79.9. The van der Waals surface area contributed by atoms with E-state index in [4.69, 9.17) is 0 Å². The van der Waals surface area contributed by atoms with Crippen LogP contribution in [0.2, 0.25) is 0 Å². The molecule has 0 spiro atoms. The van der Waals surface area contributed by atoms with Crippen molar-refractivity contribution >= 4 is 21.7 Å². The molecule has 1 aromatic heterocycles. The van der Waals surface area contributed by atoms with Gasteiger partial charge < -0.3 is 5.32 Å². The summed E-state index contributed by atoms with van der Waals surface area (Å²) >= 11 is 3.01. The predicted octanol–water partition coefficient (Wildman–Crippen LogP) is 4.71.